The molecule has 3 saturated heterocycles. The molecule has 0 aliphatic carbocycles. The van der Waals surface area contributed by atoms with Crippen molar-refractivity contribution in [3.8, 4) is 11.3 Å². The third-order valence-electron chi connectivity index (χ3n) is 7.74. The summed E-state index contributed by atoms with van der Waals surface area (Å²) in [4.78, 5) is 44.7. The summed E-state index contributed by atoms with van der Waals surface area (Å²) in [5, 5.41) is 0.224. The van der Waals surface area contributed by atoms with Gasteiger partial charge in [0.15, 0.2) is 5.82 Å². The van der Waals surface area contributed by atoms with Gasteiger partial charge in [0.05, 0.1) is 39.7 Å². The number of anilines is 2. The molecule has 2 amide bonds. The Kier molecular flexibility index (Phi) is 7.91. The number of piperazine rings is 1. The highest BCUT2D eigenvalue weighted by molar-refractivity contribution is 6.33. The van der Waals surface area contributed by atoms with Crippen molar-refractivity contribution in [3.63, 3.8) is 0 Å². The molecule has 8 nitrogen and oxygen atoms in total. The highest BCUT2D eigenvalue weighted by Crippen LogP contribution is 2.41. The number of amides is 2. The molecule has 41 heavy (non-hydrogen) atoms. The van der Waals surface area contributed by atoms with Crippen molar-refractivity contribution in [3.05, 3.63) is 82.9 Å². The zero-order chi connectivity index (χ0) is 29.4. The van der Waals surface area contributed by atoms with Crippen LogP contribution in [0.15, 0.2) is 60.2 Å². The summed E-state index contributed by atoms with van der Waals surface area (Å²) in [6.07, 6.45) is 4.65. The second-order valence-electron chi connectivity index (χ2n) is 10.6. The van der Waals surface area contributed by atoms with Crippen molar-refractivity contribution in [1.82, 2.24) is 19.8 Å². The topological polar surface area (TPSA) is 82.0 Å². The predicted molar refractivity (Wildman–Crippen MR) is 159 cm³/mol. The summed E-state index contributed by atoms with van der Waals surface area (Å²) in [5.74, 6) is 0.296. The Bertz CT molecular complexity index is 1550. The molecular formula is C31H32ClFN6O2. The largest absolute Gasteiger partial charge is 0.347 e. The van der Waals surface area contributed by atoms with E-state index in [0.717, 1.165) is 17.7 Å². The quantitative estimate of drug-likeness (QED) is 0.161. The second kappa shape index (κ2) is 11.4. The standard InChI is InChI=1S/C31H32ClFN6O2/c1-6-26(41)37-15-20-13-21(16-37)39(20)30(34-5)23-14-24(32)28(22-9-7-8-10-25(22)33)36-31(23)38(17-40)29-19(4)11-12-35-27(29)18(2)3/h6-12,14,17-18,20-21H,1,13,15-16H2,2-5H3/b34-30+. The average Bonchev–Trinajstić information content (AvgIpc) is 2.97. The fraction of sp³-hybridized carbons (Fsp3) is 0.323. The van der Waals surface area contributed by atoms with Gasteiger partial charge in [-0.3, -0.25) is 24.5 Å². The number of carbonyl (C=O) groups excluding carboxylic acids is 2. The predicted octanol–water partition coefficient (Wildman–Crippen LogP) is 5.51. The van der Waals surface area contributed by atoms with E-state index in [9.17, 15) is 14.0 Å². The molecule has 5 heterocycles. The number of hydrogen-bond donors (Lipinski definition) is 0. The van der Waals surface area contributed by atoms with Gasteiger partial charge in [-0.1, -0.05) is 44.2 Å². The number of nitrogens with zero attached hydrogens (tertiary/aromatic N) is 6. The molecule has 1 aromatic carbocycles. The van der Waals surface area contributed by atoms with Gasteiger partial charge in [0, 0.05) is 31.9 Å². The number of aromatic nitrogens is 2. The number of pyridine rings is 2. The van der Waals surface area contributed by atoms with Crippen LogP contribution in [0.3, 0.4) is 0 Å². The van der Waals surface area contributed by atoms with Crippen LogP contribution >= 0.6 is 11.6 Å². The Morgan fingerprint density at radius 3 is 2.56 bits per heavy atom. The lowest BCUT2D eigenvalue weighted by Gasteiger charge is -2.57. The molecule has 2 unspecified atom stereocenters. The normalized spacial score (nSPS) is 18.3. The number of fused-ring (bicyclic) bond motifs is 2. The Morgan fingerprint density at radius 2 is 1.95 bits per heavy atom. The Morgan fingerprint density at radius 1 is 1.24 bits per heavy atom. The van der Waals surface area contributed by atoms with E-state index in [1.165, 1.54) is 17.0 Å². The Balaban J connectivity index is 1.70. The maximum Gasteiger partial charge on any atom is 0.246 e. The summed E-state index contributed by atoms with van der Waals surface area (Å²) in [5.41, 5.74) is 3.13. The first kappa shape index (κ1) is 28.4. The van der Waals surface area contributed by atoms with Crippen LogP contribution in [0.4, 0.5) is 15.9 Å². The van der Waals surface area contributed by atoms with Crippen LogP contribution in [0, 0.1) is 12.7 Å². The Labute approximate surface area is 244 Å². The lowest BCUT2D eigenvalue weighted by molar-refractivity contribution is -0.134. The van der Waals surface area contributed by atoms with Crippen molar-refractivity contribution in [2.45, 2.75) is 45.2 Å². The van der Waals surface area contributed by atoms with Crippen LogP contribution in [0.25, 0.3) is 11.3 Å². The van der Waals surface area contributed by atoms with Gasteiger partial charge < -0.3 is 9.80 Å². The number of aliphatic imine (C=N–C) groups is 1. The molecule has 3 aliphatic rings. The smallest absolute Gasteiger partial charge is 0.246 e. The maximum absolute atomic E-state index is 15.0. The number of piperidine rings is 1. The van der Waals surface area contributed by atoms with Gasteiger partial charge >= 0.3 is 0 Å². The van der Waals surface area contributed by atoms with Gasteiger partial charge in [0.1, 0.15) is 11.7 Å². The zero-order valence-corrected chi connectivity index (χ0v) is 24.3. The molecule has 3 fully saturated rings. The second-order valence-corrected chi connectivity index (χ2v) is 11.0. The van der Waals surface area contributed by atoms with Crippen LogP contribution in [-0.2, 0) is 9.59 Å². The first-order valence-corrected chi connectivity index (χ1v) is 13.9. The van der Waals surface area contributed by atoms with Gasteiger partial charge in [-0.25, -0.2) is 9.37 Å². The maximum atomic E-state index is 15.0. The summed E-state index contributed by atoms with van der Waals surface area (Å²) >= 11 is 6.80. The molecule has 10 heteroatoms. The van der Waals surface area contributed by atoms with Crippen molar-refractivity contribution < 1.29 is 14.0 Å². The molecular weight excluding hydrogens is 543 g/mol. The highest BCUT2D eigenvalue weighted by atomic mass is 35.5. The summed E-state index contributed by atoms with van der Waals surface area (Å²) < 4.78 is 15.0. The van der Waals surface area contributed by atoms with E-state index in [0.29, 0.717) is 36.6 Å². The number of halogens is 2. The minimum absolute atomic E-state index is 0.0107. The molecule has 0 saturated carbocycles. The van der Waals surface area contributed by atoms with Crippen LogP contribution in [0.1, 0.15) is 43.0 Å². The molecule has 3 aromatic rings. The lowest BCUT2D eigenvalue weighted by atomic mass is 9.86. The summed E-state index contributed by atoms with van der Waals surface area (Å²) in [7, 11) is 1.68. The number of hydrogen-bond acceptors (Lipinski definition) is 5. The van der Waals surface area contributed by atoms with Gasteiger partial charge in [-0.2, -0.15) is 0 Å². The molecule has 0 N–H and O–H groups in total. The molecule has 0 spiro atoms. The van der Waals surface area contributed by atoms with Gasteiger partial charge in [-0.05, 0) is 55.2 Å². The lowest BCUT2D eigenvalue weighted by Crippen LogP contribution is -2.70. The SMILES string of the molecule is C=CC(=O)N1CC2CC(C1)N2/C(=N/C)c1cc(Cl)c(-c2ccccc2F)nc1N(C=O)c1c(C)ccnc1C(C)C. The Hall–Kier alpha value is -4.11. The molecule has 2 aromatic heterocycles. The number of carbonyl (C=O) groups is 2. The van der Waals surface area contributed by atoms with E-state index in [1.807, 2.05) is 26.8 Å². The van der Waals surface area contributed by atoms with E-state index < -0.39 is 5.82 Å². The molecule has 212 valence electrons. The minimum Gasteiger partial charge on any atom is -0.347 e. The molecule has 0 radical (unpaired) electrons. The average molecular weight is 575 g/mol. The molecule has 2 atom stereocenters. The molecule has 3 aliphatic heterocycles. The fourth-order valence-corrected chi connectivity index (χ4v) is 6.08. The third kappa shape index (κ3) is 4.99. The van der Waals surface area contributed by atoms with Gasteiger partial charge in [-0.15, -0.1) is 0 Å². The molecule has 6 rings (SSSR count). The third-order valence-corrected chi connectivity index (χ3v) is 8.03. The first-order chi connectivity index (χ1) is 19.7. The first-order valence-electron chi connectivity index (χ1n) is 13.5. The van der Waals surface area contributed by atoms with Crippen molar-refractivity contribution in [1.29, 1.82) is 0 Å². The summed E-state index contributed by atoms with van der Waals surface area (Å²) in [6.45, 7) is 10.6. The van der Waals surface area contributed by atoms with Crippen molar-refractivity contribution in [2.75, 3.05) is 25.0 Å². The van der Waals surface area contributed by atoms with E-state index in [-0.39, 0.29) is 46.0 Å². The minimum atomic E-state index is -0.479. The number of aryl methyl sites for hydroxylation is 1. The summed E-state index contributed by atoms with van der Waals surface area (Å²) in [6, 6.07) is 9.86. The van der Waals surface area contributed by atoms with Gasteiger partial charge in [0.2, 0.25) is 12.3 Å². The highest BCUT2D eigenvalue weighted by Gasteiger charge is 2.48. The van der Waals surface area contributed by atoms with Crippen LogP contribution in [-0.4, -0.2) is 70.1 Å². The fourth-order valence-electron chi connectivity index (χ4n) is 5.82. The van der Waals surface area contributed by atoms with E-state index in [4.69, 9.17) is 16.6 Å². The van der Waals surface area contributed by atoms with Crippen LogP contribution in [0.2, 0.25) is 5.02 Å². The van der Waals surface area contributed by atoms with Crippen LogP contribution in [0.5, 0.6) is 0 Å². The number of benzene rings is 1. The van der Waals surface area contributed by atoms with Crippen LogP contribution < -0.4 is 4.90 Å². The number of rotatable bonds is 7. The van der Waals surface area contributed by atoms with E-state index in [2.05, 4.69) is 21.5 Å². The van der Waals surface area contributed by atoms with E-state index in [1.54, 1.807) is 42.4 Å². The molecule has 2 bridgehead atoms. The van der Waals surface area contributed by atoms with Crippen molar-refractivity contribution >= 4 is 41.3 Å². The van der Waals surface area contributed by atoms with Gasteiger partial charge in [0.25, 0.3) is 0 Å². The monoisotopic (exact) mass is 574 g/mol. The number of amidine groups is 1. The zero-order valence-electron chi connectivity index (χ0n) is 23.5. The van der Waals surface area contributed by atoms with E-state index >= 15 is 0 Å². The van der Waals surface area contributed by atoms with Crippen molar-refractivity contribution in [2.24, 2.45) is 4.99 Å².